The molecule has 0 heterocycles. The van der Waals surface area contributed by atoms with Gasteiger partial charge in [-0.3, -0.25) is 0 Å². The third-order valence-electron chi connectivity index (χ3n) is 3.96. The summed E-state index contributed by atoms with van der Waals surface area (Å²) in [5, 5.41) is 0.691. The van der Waals surface area contributed by atoms with Crippen molar-refractivity contribution in [2.45, 2.75) is 20.8 Å². The predicted molar refractivity (Wildman–Crippen MR) is 102 cm³/mol. The lowest BCUT2D eigenvalue weighted by Crippen LogP contribution is -2.14. The smallest absolute Gasteiger partial charge is 0.0909 e. The third kappa shape index (κ3) is 4.26. The molecule has 0 atom stereocenters. The van der Waals surface area contributed by atoms with Gasteiger partial charge in [0, 0.05) is 37.0 Å². The van der Waals surface area contributed by atoms with Gasteiger partial charge in [-0.1, -0.05) is 23.7 Å². The van der Waals surface area contributed by atoms with Crippen LogP contribution in [0.3, 0.4) is 0 Å². The number of rotatable bonds is 5. The number of aliphatic imine (C=N–C) groups is 1. The van der Waals surface area contributed by atoms with Gasteiger partial charge in [-0.25, -0.2) is 4.99 Å². The number of nitrogens with zero attached hydrogens (tertiary/aromatic N) is 3. The van der Waals surface area contributed by atoms with E-state index in [1.165, 1.54) is 5.56 Å². The minimum atomic E-state index is 0.691. The fourth-order valence-electron chi connectivity index (χ4n) is 2.35. The fraction of sp³-hybridized carbons (Fsp3) is 0.316. The summed E-state index contributed by atoms with van der Waals surface area (Å²) in [5.74, 6) is 0. The van der Waals surface area contributed by atoms with Crippen molar-refractivity contribution in [1.29, 1.82) is 0 Å². The first-order valence-electron chi connectivity index (χ1n) is 7.77. The SMILES string of the molecule is CCN(C)/C=N\c1cc(Cl)cc(N(C)c2cccc(C)c2)c1C. The molecule has 0 saturated heterocycles. The molecule has 0 fully saturated rings. The predicted octanol–water partition coefficient (Wildman–Crippen LogP) is 5.34. The maximum atomic E-state index is 6.32. The van der Waals surface area contributed by atoms with Gasteiger partial charge >= 0.3 is 0 Å². The number of halogens is 1. The summed E-state index contributed by atoms with van der Waals surface area (Å²) in [6.07, 6.45) is 1.84. The van der Waals surface area contributed by atoms with Crippen LogP contribution in [0, 0.1) is 13.8 Å². The summed E-state index contributed by atoms with van der Waals surface area (Å²) in [6, 6.07) is 12.3. The Morgan fingerprint density at radius 1 is 1.13 bits per heavy atom. The van der Waals surface area contributed by atoms with Crippen molar-refractivity contribution in [3.63, 3.8) is 0 Å². The first-order chi connectivity index (χ1) is 10.9. The number of benzene rings is 2. The van der Waals surface area contributed by atoms with Gasteiger partial charge in [-0.05, 0) is 56.2 Å². The van der Waals surface area contributed by atoms with Crippen LogP contribution < -0.4 is 4.90 Å². The second kappa shape index (κ2) is 7.51. The van der Waals surface area contributed by atoms with Crippen molar-refractivity contribution in [3.05, 3.63) is 52.5 Å². The Bertz CT molecular complexity index is 710. The van der Waals surface area contributed by atoms with Gasteiger partial charge in [0.2, 0.25) is 0 Å². The van der Waals surface area contributed by atoms with Crippen molar-refractivity contribution in [2.75, 3.05) is 25.5 Å². The van der Waals surface area contributed by atoms with E-state index in [9.17, 15) is 0 Å². The highest BCUT2D eigenvalue weighted by Gasteiger charge is 2.12. The first kappa shape index (κ1) is 17.4. The Morgan fingerprint density at radius 2 is 1.87 bits per heavy atom. The van der Waals surface area contributed by atoms with E-state index in [2.05, 4.69) is 62.0 Å². The molecule has 0 N–H and O–H groups in total. The zero-order chi connectivity index (χ0) is 17.0. The van der Waals surface area contributed by atoms with E-state index in [0.29, 0.717) is 5.02 Å². The van der Waals surface area contributed by atoms with Crippen LogP contribution in [-0.2, 0) is 0 Å². The Labute approximate surface area is 144 Å². The van der Waals surface area contributed by atoms with Gasteiger partial charge in [0.25, 0.3) is 0 Å². The minimum Gasteiger partial charge on any atom is -0.366 e. The summed E-state index contributed by atoms with van der Waals surface area (Å²) in [6.45, 7) is 7.18. The average molecular weight is 330 g/mol. The lowest BCUT2D eigenvalue weighted by Gasteiger charge is -2.23. The molecule has 0 aliphatic carbocycles. The van der Waals surface area contributed by atoms with Crippen molar-refractivity contribution in [2.24, 2.45) is 4.99 Å². The number of anilines is 2. The van der Waals surface area contributed by atoms with Crippen molar-refractivity contribution in [3.8, 4) is 0 Å². The molecule has 2 aromatic carbocycles. The van der Waals surface area contributed by atoms with Gasteiger partial charge < -0.3 is 9.80 Å². The van der Waals surface area contributed by atoms with Crippen LogP contribution in [0.15, 0.2) is 41.4 Å². The van der Waals surface area contributed by atoms with Crippen molar-refractivity contribution >= 4 is 35.0 Å². The van der Waals surface area contributed by atoms with Crippen LogP contribution in [0.1, 0.15) is 18.1 Å². The molecule has 3 nitrogen and oxygen atoms in total. The van der Waals surface area contributed by atoms with Crippen LogP contribution in [0.2, 0.25) is 5.02 Å². The standard InChI is InChI=1S/C19H24ClN3/c1-6-22(4)13-21-18-11-16(20)12-19(15(18)3)23(5)17-9-7-8-14(2)10-17/h7-13H,6H2,1-5H3/b21-13-. The monoisotopic (exact) mass is 329 g/mol. The Balaban J connectivity index is 2.43. The molecule has 2 aromatic rings. The van der Waals surface area contributed by atoms with Crippen LogP contribution in [0.5, 0.6) is 0 Å². The quantitative estimate of drug-likeness (QED) is 0.545. The van der Waals surface area contributed by atoms with Gasteiger partial charge in [-0.2, -0.15) is 0 Å². The molecule has 122 valence electrons. The van der Waals surface area contributed by atoms with E-state index in [4.69, 9.17) is 11.6 Å². The zero-order valence-electron chi connectivity index (χ0n) is 14.5. The second-order valence-electron chi connectivity index (χ2n) is 5.78. The lowest BCUT2D eigenvalue weighted by molar-refractivity contribution is 0.552. The summed E-state index contributed by atoms with van der Waals surface area (Å²) in [7, 11) is 4.06. The molecule has 0 radical (unpaired) electrons. The maximum absolute atomic E-state index is 6.32. The molecule has 0 amide bonds. The fourth-order valence-corrected chi connectivity index (χ4v) is 2.56. The van der Waals surface area contributed by atoms with E-state index < -0.39 is 0 Å². The molecule has 0 aromatic heterocycles. The van der Waals surface area contributed by atoms with E-state index >= 15 is 0 Å². The third-order valence-corrected chi connectivity index (χ3v) is 4.18. The molecule has 2 rings (SSSR count). The van der Waals surface area contributed by atoms with Crippen LogP contribution in [-0.4, -0.2) is 31.9 Å². The molecule has 4 heteroatoms. The summed E-state index contributed by atoms with van der Waals surface area (Å²) in [4.78, 5) is 8.76. The second-order valence-corrected chi connectivity index (χ2v) is 6.22. The van der Waals surface area contributed by atoms with Crippen molar-refractivity contribution in [1.82, 2.24) is 4.90 Å². The highest BCUT2D eigenvalue weighted by Crippen LogP contribution is 2.35. The average Bonchev–Trinajstić information content (AvgIpc) is 2.54. The van der Waals surface area contributed by atoms with Gasteiger partial charge in [0.05, 0.1) is 12.0 Å². The maximum Gasteiger partial charge on any atom is 0.0909 e. The molecule has 0 spiro atoms. The molecular formula is C19H24ClN3. The number of aryl methyl sites for hydroxylation is 1. The van der Waals surface area contributed by atoms with Crippen LogP contribution in [0.4, 0.5) is 17.1 Å². The molecule has 0 saturated carbocycles. The zero-order valence-corrected chi connectivity index (χ0v) is 15.2. The normalized spacial score (nSPS) is 11.0. The van der Waals surface area contributed by atoms with E-state index in [0.717, 1.165) is 29.2 Å². The topological polar surface area (TPSA) is 18.8 Å². The molecule has 0 unspecified atom stereocenters. The van der Waals surface area contributed by atoms with E-state index in [1.807, 2.05) is 30.4 Å². The van der Waals surface area contributed by atoms with Crippen molar-refractivity contribution < 1.29 is 0 Å². The molecular weight excluding hydrogens is 306 g/mol. The number of hydrogen-bond donors (Lipinski definition) is 0. The first-order valence-corrected chi connectivity index (χ1v) is 8.15. The van der Waals surface area contributed by atoms with Gasteiger partial charge in [0.1, 0.15) is 0 Å². The Kier molecular flexibility index (Phi) is 5.67. The summed E-state index contributed by atoms with van der Waals surface area (Å²) >= 11 is 6.32. The lowest BCUT2D eigenvalue weighted by atomic mass is 10.1. The van der Waals surface area contributed by atoms with Gasteiger partial charge in [0.15, 0.2) is 0 Å². The van der Waals surface area contributed by atoms with E-state index in [1.54, 1.807) is 0 Å². The Morgan fingerprint density at radius 3 is 2.52 bits per heavy atom. The summed E-state index contributed by atoms with van der Waals surface area (Å²) in [5.41, 5.74) is 5.44. The minimum absolute atomic E-state index is 0.691. The molecule has 0 bridgehead atoms. The summed E-state index contributed by atoms with van der Waals surface area (Å²) < 4.78 is 0. The highest BCUT2D eigenvalue weighted by molar-refractivity contribution is 6.31. The molecule has 0 aliphatic rings. The van der Waals surface area contributed by atoms with E-state index in [-0.39, 0.29) is 0 Å². The van der Waals surface area contributed by atoms with Gasteiger partial charge in [-0.15, -0.1) is 0 Å². The van der Waals surface area contributed by atoms with Crippen LogP contribution in [0.25, 0.3) is 0 Å². The van der Waals surface area contributed by atoms with Crippen LogP contribution >= 0.6 is 11.6 Å². The highest BCUT2D eigenvalue weighted by atomic mass is 35.5. The molecule has 0 aliphatic heterocycles. The number of hydrogen-bond acceptors (Lipinski definition) is 2. The largest absolute Gasteiger partial charge is 0.366 e. The Hall–Kier alpha value is -2.00. The molecule has 23 heavy (non-hydrogen) atoms.